The van der Waals surface area contributed by atoms with Crippen molar-refractivity contribution in [3.63, 3.8) is 0 Å². The number of nitrogens with two attached hydrogens (primary N) is 1. The quantitative estimate of drug-likeness (QED) is 0.393. The third-order valence-electron chi connectivity index (χ3n) is 2.47. The highest BCUT2D eigenvalue weighted by molar-refractivity contribution is 6.63. The van der Waals surface area contributed by atoms with Crippen molar-refractivity contribution in [1.29, 1.82) is 0 Å². The highest BCUT2D eigenvalue weighted by atomic mass is 35.5. The summed E-state index contributed by atoms with van der Waals surface area (Å²) in [4.78, 5) is 56.4. The van der Waals surface area contributed by atoms with E-state index in [1.165, 1.54) is 54.8 Å². The van der Waals surface area contributed by atoms with Gasteiger partial charge in [0.2, 0.25) is 5.91 Å². The highest BCUT2D eigenvalue weighted by Gasteiger charge is 2.12. The first-order chi connectivity index (χ1) is 12.2. The summed E-state index contributed by atoms with van der Waals surface area (Å²) in [6, 6.07) is 0. The summed E-state index contributed by atoms with van der Waals surface area (Å²) < 4.78 is 4.40. The minimum atomic E-state index is -0.861. The van der Waals surface area contributed by atoms with Crippen molar-refractivity contribution in [2.75, 3.05) is 48.6 Å². The Morgan fingerprint density at radius 1 is 0.778 bits per heavy atom. The van der Waals surface area contributed by atoms with Crippen LogP contribution in [-0.4, -0.2) is 96.3 Å². The van der Waals surface area contributed by atoms with E-state index in [1.807, 2.05) is 0 Å². The Bertz CT molecular complexity index is 501. The summed E-state index contributed by atoms with van der Waals surface area (Å²) in [6.45, 7) is 1.75. The van der Waals surface area contributed by atoms with Crippen LogP contribution in [0.5, 0.6) is 0 Å². The zero-order valence-electron chi connectivity index (χ0n) is 15.9. The third kappa shape index (κ3) is 20.2. The van der Waals surface area contributed by atoms with E-state index < -0.39 is 22.2 Å². The molecule has 2 N–H and O–H groups in total. The van der Waals surface area contributed by atoms with Crippen molar-refractivity contribution in [3.8, 4) is 0 Å². The first-order valence-corrected chi connectivity index (χ1v) is 8.07. The molecule has 158 valence electrons. The molecule has 0 heterocycles. The fraction of sp³-hybridized carbons (Fsp3) is 0.615. The minimum absolute atomic E-state index is 0.102. The Balaban J connectivity index is -0.000000357. The molecule has 11 nitrogen and oxygen atoms in total. The average Bonchev–Trinajstić information content (AvgIpc) is 2.53. The molecule has 0 rings (SSSR count). The van der Waals surface area contributed by atoms with Gasteiger partial charge in [0.1, 0.15) is 0 Å². The van der Waals surface area contributed by atoms with Crippen LogP contribution in [0.15, 0.2) is 0 Å². The summed E-state index contributed by atoms with van der Waals surface area (Å²) in [5, 5.41) is -2.05. The van der Waals surface area contributed by atoms with Crippen LogP contribution in [0, 0.1) is 0 Å². The SMILES string of the molecule is CC(=O)N(C)CN(C)C(=O)Cl.COC(=O)N(C)CN(C)C(=O)Cl.NC(=O)Cl. The van der Waals surface area contributed by atoms with E-state index in [2.05, 4.69) is 22.1 Å². The largest absolute Gasteiger partial charge is 0.453 e. The van der Waals surface area contributed by atoms with E-state index in [-0.39, 0.29) is 19.2 Å². The lowest BCUT2D eigenvalue weighted by Crippen LogP contribution is -2.38. The fourth-order valence-corrected chi connectivity index (χ4v) is 1.17. The second-order valence-corrected chi connectivity index (χ2v) is 5.89. The number of methoxy groups -OCH3 is 1. The number of hydrogen-bond donors (Lipinski definition) is 1. The van der Waals surface area contributed by atoms with Crippen molar-refractivity contribution in [2.24, 2.45) is 5.73 Å². The zero-order valence-corrected chi connectivity index (χ0v) is 18.1. The van der Waals surface area contributed by atoms with Crippen molar-refractivity contribution in [2.45, 2.75) is 6.92 Å². The number of carbonyl (C=O) groups excluding carboxylic acids is 5. The molecule has 0 atom stereocenters. The molecule has 0 fully saturated rings. The van der Waals surface area contributed by atoms with Gasteiger partial charge in [-0.15, -0.1) is 0 Å². The molecule has 0 spiro atoms. The maximum Gasteiger partial charge on any atom is 0.410 e. The Morgan fingerprint density at radius 2 is 1.07 bits per heavy atom. The lowest BCUT2D eigenvalue weighted by molar-refractivity contribution is -0.128. The monoisotopic (exact) mass is 451 g/mol. The molecule has 0 saturated carbocycles. The lowest BCUT2D eigenvalue weighted by atomic mass is 10.6. The molecule has 0 unspecified atom stereocenters. The molecule has 0 aliphatic carbocycles. The van der Waals surface area contributed by atoms with Gasteiger partial charge in [-0.05, 0) is 34.8 Å². The van der Waals surface area contributed by atoms with Crippen molar-refractivity contribution < 1.29 is 28.7 Å². The molecule has 0 aromatic carbocycles. The Kier molecular flexibility index (Phi) is 17.9. The number of primary amides is 1. The number of amides is 5. The van der Waals surface area contributed by atoms with Gasteiger partial charge in [0, 0.05) is 35.1 Å². The van der Waals surface area contributed by atoms with Crippen LogP contribution in [0.4, 0.5) is 19.2 Å². The zero-order chi connectivity index (χ0) is 22.3. The summed E-state index contributed by atoms with van der Waals surface area (Å²) >= 11 is 14.7. The molecular weight excluding hydrogens is 429 g/mol. The smallest absolute Gasteiger partial charge is 0.410 e. The van der Waals surface area contributed by atoms with Gasteiger partial charge in [-0.2, -0.15) is 0 Å². The maximum absolute atomic E-state index is 10.8. The summed E-state index contributed by atoms with van der Waals surface area (Å²) in [5.74, 6) is -0.102. The molecule has 0 radical (unpaired) electrons. The van der Waals surface area contributed by atoms with E-state index in [1.54, 1.807) is 7.05 Å². The van der Waals surface area contributed by atoms with Crippen LogP contribution >= 0.6 is 34.8 Å². The summed E-state index contributed by atoms with van der Waals surface area (Å²) in [6.07, 6.45) is -0.514. The van der Waals surface area contributed by atoms with Gasteiger partial charge in [0.15, 0.2) is 0 Å². The molecule has 0 bridgehead atoms. The number of halogens is 3. The van der Waals surface area contributed by atoms with Crippen LogP contribution in [0.25, 0.3) is 0 Å². The molecule has 27 heavy (non-hydrogen) atoms. The molecule has 0 saturated heterocycles. The van der Waals surface area contributed by atoms with Crippen molar-refractivity contribution in [1.82, 2.24) is 19.6 Å². The summed E-state index contributed by atoms with van der Waals surface area (Å²) in [7, 11) is 7.37. The van der Waals surface area contributed by atoms with Crippen molar-refractivity contribution in [3.05, 3.63) is 0 Å². The molecular formula is C13H24Cl3N5O6. The van der Waals surface area contributed by atoms with Crippen LogP contribution in [0.1, 0.15) is 6.92 Å². The molecule has 0 aromatic rings. The normalized spacial score (nSPS) is 8.63. The number of hydrogen-bond acceptors (Lipinski definition) is 6. The average molecular weight is 453 g/mol. The van der Waals surface area contributed by atoms with E-state index in [9.17, 15) is 19.2 Å². The topological polar surface area (TPSA) is 134 Å². The Hall–Kier alpha value is -1.98. The molecule has 0 aliphatic heterocycles. The standard InChI is InChI=1S/C6H11ClN2O3.C6H11ClN2O2.CH2ClNO/c1-8(5(7)10)4-9(2)6(11)12-3;1-5(10)8(2)4-9(3)6(7)11;2-1(3)4/h4H2,1-3H3;4H2,1-3H3;(H2,3,4). The number of carbonyl (C=O) groups is 5. The van der Waals surface area contributed by atoms with Gasteiger partial charge in [-0.3, -0.25) is 24.1 Å². The van der Waals surface area contributed by atoms with Crippen LogP contribution in [0.3, 0.4) is 0 Å². The first-order valence-electron chi connectivity index (χ1n) is 6.94. The second-order valence-electron chi connectivity index (χ2n) is 4.87. The molecule has 5 amide bonds. The molecule has 0 aromatic heterocycles. The number of ether oxygens (including phenoxy) is 1. The lowest BCUT2D eigenvalue weighted by Gasteiger charge is -2.21. The Labute approximate surface area is 172 Å². The van der Waals surface area contributed by atoms with Gasteiger partial charge >= 0.3 is 22.2 Å². The number of nitrogens with zero attached hydrogens (tertiary/aromatic N) is 4. The summed E-state index contributed by atoms with van der Waals surface area (Å²) in [5.41, 5.74) is 4.24. The Morgan fingerprint density at radius 3 is 1.30 bits per heavy atom. The van der Waals surface area contributed by atoms with Gasteiger partial charge in [0.05, 0.1) is 20.4 Å². The third-order valence-corrected chi connectivity index (χ3v) is 3.05. The maximum atomic E-state index is 10.8. The fourth-order valence-electron chi connectivity index (χ4n) is 1.06. The van der Waals surface area contributed by atoms with Crippen molar-refractivity contribution >= 4 is 62.9 Å². The molecule has 0 aliphatic rings. The van der Waals surface area contributed by atoms with E-state index >= 15 is 0 Å². The predicted molar refractivity (Wildman–Crippen MR) is 102 cm³/mol. The van der Waals surface area contributed by atoms with Crippen LogP contribution in [0.2, 0.25) is 0 Å². The first kappa shape index (κ1) is 29.8. The predicted octanol–water partition coefficient (Wildman–Crippen LogP) is 1.95. The second kappa shape index (κ2) is 16.2. The minimum Gasteiger partial charge on any atom is -0.453 e. The van der Waals surface area contributed by atoms with E-state index in [0.717, 1.165) is 0 Å². The van der Waals surface area contributed by atoms with Crippen LogP contribution < -0.4 is 5.73 Å². The van der Waals surface area contributed by atoms with E-state index in [4.69, 9.17) is 28.0 Å². The van der Waals surface area contributed by atoms with Gasteiger partial charge in [-0.25, -0.2) is 4.79 Å². The van der Waals surface area contributed by atoms with Gasteiger partial charge in [-0.1, -0.05) is 0 Å². The van der Waals surface area contributed by atoms with Crippen LogP contribution in [-0.2, 0) is 9.53 Å². The van der Waals surface area contributed by atoms with Gasteiger partial charge < -0.3 is 25.2 Å². The van der Waals surface area contributed by atoms with E-state index in [0.29, 0.717) is 0 Å². The molecule has 14 heteroatoms. The highest BCUT2D eigenvalue weighted by Crippen LogP contribution is 1.96. The number of rotatable bonds is 4. The van der Waals surface area contributed by atoms with Gasteiger partial charge in [0.25, 0.3) is 0 Å².